The number of urea groups is 1. The number of hydrogen-bond donors (Lipinski definition) is 0. The molecule has 1 aromatic heterocycles. The van der Waals surface area contributed by atoms with Crippen LogP contribution < -0.4 is 4.90 Å². The van der Waals surface area contributed by atoms with Gasteiger partial charge in [0.25, 0.3) is 0 Å². The molecule has 166 valence electrons. The minimum atomic E-state index is -1.06. The van der Waals surface area contributed by atoms with E-state index in [2.05, 4.69) is 16.8 Å². The number of rotatable bonds is 2. The van der Waals surface area contributed by atoms with Crippen LogP contribution in [0, 0.1) is 23.5 Å². The van der Waals surface area contributed by atoms with Gasteiger partial charge in [0.1, 0.15) is 5.69 Å². The average Bonchev–Trinajstić information content (AvgIpc) is 2.78. The second kappa shape index (κ2) is 8.64. The summed E-state index contributed by atoms with van der Waals surface area (Å²) in [6.07, 6.45) is 2.92. The lowest BCUT2D eigenvalue weighted by molar-refractivity contribution is -0.122. The molecule has 8 heteroatoms. The predicted octanol–water partition coefficient (Wildman–Crippen LogP) is 5.12. The second-order valence-electron chi connectivity index (χ2n) is 7.81. The van der Waals surface area contributed by atoms with Crippen LogP contribution in [0.25, 0.3) is 0 Å². The number of hydrogen-bond acceptors (Lipinski definition) is 3. The summed E-state index contributed by atoms with van der Waals surface area (Å²) in [5.74, 6) is 2.57. The number of carbonyl (C=O) groups is 2. The first-order valence-electron chi connectivity index (χ1n) is 9.98. The average molecular weight is 466 g/mol. The Balaban J connectivity index is 1.68. The van der Waals surface area contributed by atoms with Crippen LogP contribution in [0.2, 0.25) is 5.02 Å². The molecule has 1 atom stereocenters. The summed E-state index contributed by atoms with van der Waals surface area (Å²) in [6, 6.07) is 11.3. The van der Waals surface area contributed by atoms with Crippen LogP contribution in [0.15, 0.2) is 60.9 Å². The highest BCUT2D eigenvalue weighted by atomic mass is 35.5. The quantitative estimate of drug-likeness (QED) is 0.494. The highest BCUT2D eigenvalue weighted by molar-refractivity contribution is 6.30. The van der Waals surface area contributed by atoms with E-state index in [0.29, 0.717) is 21.0 Å². The third kappa shape index (κ3) is 4.18. The Morgan fingerprint density at radius 2 is 1.73 bits per heavy atom. The molecule has 1 unspecified atom stereocenters. The normalized spacial score (nSPS) is 18.2. The standard InChI is InChI=1S/C25H18ClF2N3O2/c1-25(18-6-3-7-19(26)13-18)14-22(32)31(24(33)30(25)2)23-20(27)11-17(12-21(23)28)9-8-16-5-4-10-29-15-16/h3-7,10-13,15H,14H2,1-2H3. The smallest absolute Gasteiger partial charge is 0.317 e. The number of benzene rings is 2. The minimum Gasteiger partial charge on any atom is -0.317 e. The van der Waals surface area contributed by atoms with Gasteiger partial charge in [-0.1, -0.05) is 35.6 Å². The molecule has 1 aliphatic rings. The van der Waals surface area contributed by atoms with Gasteiger partial charge in [0.2, 0.25) is 5.91 Å². The molecule has 0 N–H and O–H groups in total. The van der Waals surface area contributed by atoms with Gasteiger partial charge in [-0.05, 0) is 48.9 Å². The fourth-order valence-electron chi connectivity index (χ4n) is 3.73. The van der Waals surface area contributed by atoms with E-state index in [1.807, 2.05) is 0 Å². The Kier molecular flexibility index (Phi) is 5.88. The van der Waals surface area contributed by atoms with Crippen LogP contribution in [-0.2, 0) is 10.3 Å². The van der Waals surface area contributed by atoms with E-state index in [9.17, 15) is 18.4 Å². The van der Waals surface area contributed by atoms with Crippen molar-refractivity contribution in [1.29, 1.82) is 0 Å². The summed E-state index contributed by atoms with van der Waals surface area (Å²) in [7, 11) is 1.48. The maximum absolute atomic E-state index is 15.0. The van der Waals surface area contributed by atoms with E-state index in [0.717, 1.165) is 12.1 Å². The van der Waals surface area contributed by atoms with Gasteiger partial charge in [-0.25, -0.2) is 18.5 Å². The van der Waals surface area contributed by atoms with Gasteiger partial charge in [0.15, 0.2) is 11.6 Å². The largest absolute Gasteiger partial charge is 0.332 e. The zero-order valence-corrected chi connectivity index (χ0v) is 18.5. The van der Waals surface area contributed by atoms with Crippen molar-refractivity contribution in [2.45, 2.75) is 18.9 Å². The van der Waals surface area contributed by atoms with E-state index < -0.39 is 34.8 Å². The summed E-state index contributed by atoms with van der Waals surface area (Å²) in [5, 5.41) is 0.449. The molecule has 0 radical (unpaired) electrons. The van der Waals surface area contributed by atoms with Gasteiger partial charge in [-0.2, -0.15) is 0 Å². The van der Waals surface area contributed by atoms with Gasteiger partial charge in [-0.15, -0.1) is 0 Å². The van der Waals surface area contributed by atoms with Gasteiger partial charge in [-0.3, -0.25) is 9.78 Å². The lowest BCUT2D eigenvalue weighted by Crippen LogP contribution is -2.60. The minimum absolute atomic E-state index is 0.0617. The molecule has 3 amide bonds. The molecule has 2 heterocycles. The number of nitrogens with zero attached hydrogens (tertiary/aromatic N) is 3. The highest BCUT2D eigenvalue weighted by Crippen LogP contribution is 2.39. The molecular weight excluding hydrogens is 448 g/mol. The molecule has 0 saturated carbocycles. The summed E-state index contributed by atoms with van der Waals surface area (Å²) in [4.78, 5) is 31.9. The van der Waals surface area contributed by atoms with E-state index in [1.54, 1.807) is 49.5 Å². The highest BCUT2D eigenvalue weighted by Gasteiger charge is 2.47. The zero-order chi connectivity index (χ0) is 23.8. The molecule has 1 saturated heterocycles. The third-order valence-electron chi connectivity index (χ3n) is 5.66. The zero-order valence-electron chi connectivity index (χ0n) is 17.8. The molecule has 33 heavy (non-hydrogen) atoms. The van der Waals surface area contributed by atoms with Crippen LogP contribution in [0.3, 0.4) is 0 Å². The van der Waals surface area contributed by atoms with E-state index in [1.165, 1.54) is 18.1 Å². The summed E-state index contributed by atoms with van der Waals surface area (Å²) in [5.41, 5.74) is -0.479. The van der Waals surface area contributed by atoms with Crippen LogP contribution >= 0.6 is 11.6 Å². The van der Waals surface area contributed by atoms with Crippen LogP contribution in [0.5, 0.6) is 0 Å². The van der Waals surface area contributed by atoms with Crippen LogP contribution in [-0.4, -0.2) is 28.9 Å². The lowest BCUT2D eigenvalue weighted by Gasteiger charge is -2.45. The molecule has 0 aliphatic carbocycles. The molecule has 2 aromatic carbocycles. The summed E-state index contributed by atoms with van der Waals surface area (Å²) < 4.78 is 29.9. The van der Waals surface area contributed by atoms with E-state index >= 15 is 0 Å². The number of imide groups is 1. The van der Waals surface area contributed by atoms with Crippen molar-refractivity contribution >= 4 is 29.2 Å². The van der Waals surface area contributed by atoms with E-state index in [-0.39, 0.29) is 12.0 Å². The van der Waals surface area contributed by atoms with Crippen molar-refractivity contribution < 1.29 is 18.4 Å². The molecule has 1 aliphatic heterocycles. The van der Waals surface area contributed by atoms with Gasteiger partial charge in [0.05, 0.1) is 12.0 Å². The first-order valence-corrected chi connectivity index (χ1v) is 10.4. The Labute approximate surface area is 194 Å². The second-order valence-corrected chi connectivity index (χ2v) is 8.25. The SMILES string of the molecule is CN1C(=O)N(c2c(F)cc(C#Cc3cccnc3)cc2F)C(=O)CC1(C)c1cccc(Cl)c1. The van der Waals surface area contributed by atoms with Crippen molar-refractivity contribution in [2.24, 2.45) is 0 Å². The van der Waals surface area contributed by atoms with Crippen molar-refractivity contribution in [3.63, 3.8) is 0 Å². The monoisotopic (exact) mass is 465 g/mol. The first-order chi connectivity index (χ1) is 15.7. The van der Waals surface area contributed by atoms with Crippen molar-refractivity contribution in [1.82, 2.24) is 9.88 Å². The van der Waals surface area contributed by atoms with E-state index in [4.69, 9.17) is 11.6 Å². The number of halogens is 3. The molecule has 0 bridgehead atoms. The number of amides is 3. The molecule has 3 aromatic rings. The van der Waals surface area contributed by atoms with Gasteiger partial charge >= 0.3 is 6.03 Å². The molecular formula is C25H18ClF2N3O2. The van der Waals surface area contributed by atoms with Crippen molar-refractivity contribution in [3.8, 4) is 11.8 Å². The maximum Gasteiger partial charge on any atom is 0.332 e. The van der Waals surface area contributed by atoms with Gasteiger partial charge < -0.3 is 4.90 Å². The molecule has 5 nitrogen and oxygen atoms in total. The molecule has 4 rings (SSSR count). The Bertz CT molecular complexity index is 1300. The fourth-order valence-corrected chi connectivity index (χ4v) is 3.92. The topological polar surface area (TPSA) is 53.5 Å². The summed E-state index contributed by atoms with van der Waals surface area (Å²) in [6.45, 7) is 1.70. The number of pyridine rings is 1. The van der Waals surface area contributed by atoms with Crippen molar-refractivity contribution in [2.75, 3.05) is 11.9 Å². The fraction of sp³-hybridized carbons (Fsp3) is 0.160. The Morgan fingerprint density at radius 1 is 1.03 bits per heavy atom. The Hall–Kier alpha value is -3.76. The van der Waals surface area contributed by atoms with Gasteiger partial charge in [0, 0.05) is 35.6 Å². The third-order valence-corrected chi connectivity index (χ3v) is 5.90. The molecule has 0 spiro atoms. The summed E-state index contributed by atoms with van der Waals surface area (Å²) >= 11 is 6.08. The van der Waals surface area contributed by atoms with Crippen LogP contribution in [0.4, 0.5) is 19.3 Å². The number of anilines is 1. The first kappa shape index (κ1) is 22.4. The molecule has 1 fully saturated rings. The predicted molar refractivity (Wildman–Crippen MR) is 121 cm³/mol. The maximum atomic E-state index is 15.0. The lowest BCUT2D eigenvalue weighted by atomic mass is 9.85. The number of aromatic nitrogens is 1. The Morgan fingerprint density at radius 3 is 2.36 bits per heavy atom. The van der Waals surface area contributed by atoms with Crippen LogP contribution in [0.1, 0.15) is 30.0 Å². The number of carbonyl (C=O) groups excluding carboxylic acids is 2. The van der Waals surface area contributed by atoms with Crippen molar-refractivity contribution in [3.05, 3.63) is 94.3 Å².